The number of anilines is 3. The molecule has 2 unspecified atom stereocenters. The molecule has 0 saturated carbocycles. The molecule has 5 aromatic rings. The first kappa shape index (κ1) is 23.1. The van der Waals surface area contributed by atoms with Gasteiger partial charge in [-0.2, -0.15) is 0 Å². The Kier molecular flexibility index (Phi) is 5.95. The molecule has 0 radical (unpaired) electrons. The Morgan fingerprint density at radius 1 is 0.564 bits per heavy atom. The van der Waals surface area contributed by atoms with E-state index in [2.05, 4.69) is 145 Å². The minimum absolute atomic E-state index is 0.342. The average Bonchev–Trinajstić information content (AvgIpc) is 3.01. The zero-order valence-electron chi connectivity index (χ0n) is 21.4. The number of aromatic nitrogens is 1. The smallest absolute Gasteiger partial charge is 0.0709 e. The van der Waals surface area contributed by atoms with Crippen molar-refractivity contribution in [1.29, 1.82) is 0 Å². The third-order valence-electron chi connectivity index (χ3n) is 7.40. The van der Waals surface area contributed by atoms with Gasteiger partial charge < -0.3 is 4.90 Å². The van der Waals surface area contributed by atoms with E-state index in [1.54, 1.807) is 0 Å². The molecule has 1 aliphatic carbocycles. The summed E-state index contributed by atoms with van der Waals surface area (Å²) in [6.07, 6.45) is 15.0. The van der Waals surface area contributed by atoms with E-state index in [0.717, 1.165) is 45.0 Å². The van der Waals surface area contributed by atoms with Crippen LogP contribution in [-0.4, -0.2) is 11.2 Å². The molecule has 186 valence electrons. The lowest BCUT2D eigenvalue weighted by Gasteiger charge is -2.27. The van der Waals surface area contributed by atoms with Crippen molar-refractivity contribution in [3.8, 4) is 11.3 Å². The number of rotatable bonds is 5. The highest BCUT2D eigenvalue weighted by atomic mass is 15.1. The molecule has 1 aliphatic heterocycles. The van der Waals surface area contributed by atoms with Crippen molar-refractivity contribution in [2.45, 2.75) is 0 Å². The Hall–Kier alpha value is -5.02. The number of nitrogens with zero attached hydrogens (tertiary/aromatic N) is 3. The Morgan fingerprint density at radius 3 is 2.05 bits per heavy atom. The molecule has 1 aromatic heterocycles. The van der Waals surface area contributed by atoms with Gasteiger partial charge in [-0.25, -0.2) is 0 Å². The molecule has 39 heavy (non-hydrogen) atoms. The summed E-state index contributed by atoms with van der Waals surface area (Å²) in [5, 5.41) is 2.33. The van der Waals surface area contributed by atoms with Crippen LogP contribution in [0.2, 0.25) is 0 Å². The molecule has 4 aromatic carbocycles. The van der Waals surface area contributed by atoms with Gasteiger partial charge in [0.25, 0.3) is 0 Å². The van der Waals surface area contributed by atoms with Gasteiger partial charge in [0.15, 0.2) is 0 Å². The number of pyridine rings is 1. The Morgan fingerprint density at radius 2 is 1.23 bits per heavy atom. The molecule has 7 rings (SSSR count). The number of para-hydroxylation sites is 1. The van der Waals surface area contributed by atoms with Gasteiger partial charge in [0.1, 0.15) is 0 Å². The van der Waals surface area contributed by atoms with E-state index >= 15 is 0 Å². The summed E-state index contributed by atoms with van der Waals surface area (Å²) in [7, 11) is 0. The molecular weight excluding hydrogens is 474 g/mol. The van der Waals surface area contributed by atoms with E-state index in [1.807, 2.05) is 12.3 Å². The normalized spacial score (nSPS) is 17.6. The molecule has 0 amide bonds. The molecule has 3 heteroatoms. The monoisotopic (exact) mass is 501 g/mol. The largest absolute Gasteiger partial charge is 0.310 e. The summed E-state index contributed by atoms with van der Waals surface area (Å²) < 4.78 is 0. The second-order valence-electron chi connectivity index (χ2n) is 9.94. The van der Waals surface area contributed by atoms with Crippen LogP contribution in [0.4, 0.5) is 17.1 Å². The SMILES string of the molecule is C1=CC2C=NC(c3cccc(N(c4ccccc4)c4cccc(-c5cc6ccccc6cn5)c4)c3)=CC2C=C1. The average molecular weight is 502 g/mol. The lowest BCUT2D eigenvalue weighted by molar-refractivity contribution is 0.707. The van der Waals surface area contributed by atoms with E-state index in [0.29, 0.717) is 11.8 Å². The first-order valence-electron chi connectivity index (χ1n) is 13.3. The van der Waals surface area contributed by atoms with Crippen LogP contribution in [0.3, 0.4) is 0 Å². The lowest BCUT2D eigenvalue weighted by atomic mass is 9.86. The highest BCUT2D eigenvalue weighted by Crippen LogP contribution is 2.38. The third kappa shape index (κ3) is 4.60. The summed E-state index contributed by atoms with van der Waals surface area (Å²) in [6, 6.07) is 38.3. The second kappa shape index (κ2) is 10.0. The number of allylic oxidation sites excluding steroid dienone is 5. The summed E-state index contributed by atoms with van der Waals surface area (Å²) >= 11 is 0. The maximum absolute atomic E-state index is 4.83. The molecule has 2 atom stereocenters. The van der Waals surface area contributed by atoms with Crippen LogP contribution in [0.25, 0.3) is 27.7 Å². The van der Waals surface area contributed by atoms with Gasteiger partial charge in [-0.15, -0.1) is 0 Å². The van der Waals surface area contributed by atoms with Crippen molar-refractivity contribution < 1.29 is 0 Å². The topological polar surface area (TPSA) is 28.5 Å². The minimum atomic E-state index is 0.342. The fourth-order valence-electron chi connectivity index (χ4n) is 5.39. The number of aliphatic imine (C=N–C) groups is 1. The Labute approximate surface area is 228 Å². The summed E-state index contributed by atoms with van der Waals surface area (Å²) in [5.74, 6) is 0.691. The number of fused-ring (bicyclic) bond motifs is 2. The Bertz CT molecular complexity index is 1780. The summed E-state index contributed by atoms with van der Waals surface area (Å²) in [4.78, 5) is 11.9. The van der Waals surface area contributed by atoms with Crippen molar-refractivity contribution in [3.05, 3.63) is 151 Å². The lowest BCUT2D eigenvalue weighted by Crippen LogP contribution is -2.15. The predicted molar refractivity (Wildman–Crippen MR) is 164 cm³/mol. The first-order valence-corrected chi connectivity index (χ1v) is 13.3. The molecule has 3 nitrogen and oxygen atoms in total. The van der Waals surface area contributed by atoms with Crippen LogP contribution in [0, 0.1) is 11.8 Å². The zero-order chi connectivity index (χ0) is 26.0. The van der Waals surface area contributed by atoms with Crippen molar-refractivity contribution in [3.63, 3.8) is 0 Å². The van der Waals surface area contributed by atoms with Crippen molar-refractivity contribution in [1.82, 2.24) is 4.98 Å². The minimum Gasteiger partial charge on any atom is -0.310 e. The number of hydrogen-bond acceptors (Lipinski definition) is 3. The molecule has 0 spiro atoms. The van der Waals surface area contributed by atoms with E-state index in [4.69, 9.17) is 9.98 Å². The molecule has 0 saturated heterocycles. The van der Waals surface area contributed by atoms with Crippen molar-refractivity contribution in [2.75, 3.05) is 4.90 Å². The van der Waals surface area contributed by atoms with Crippen LogP contribution in [0.5, 0.6) is 0 Å². The van der Waals surface area contributed by atoms with E-state index in [9.17, 15) is 0 Å². The third-order valence-corrected chi connectivity index (χ3v) is 7.40. The predicted octanol–water partition coefficient (Wildman–Crippen LogP) is 9.16. The molecular formula is C36H27N3. The first-order chi connectivity index (χ1) is 19.3. The van der Waals surface area contributed by atoms with Crippen LogP contribution < -0.4 is 4.90 Å². The van der Waals surface area contributed by atoms with E-state index < -0.39 is 0 Å². The van der Waals surface area contributed by atoms with Crippen LogP contribution in [0.1, 0.15) is 5.56 Å². The maximum atomic E-state index is 4.83. The fraction of sp³-hybridized carbons (Fsp3) is 0.0556. The Balaban J connectivity index is 1.30. The van der Waals surface area contributed by atoms with E-state index in [-0.39, 0.29) is 0 Å². The zero-order valence-corrected chi connectivity index (χ0v) is 21.4. The fourth-order valence-corrected chi connectivity index (χ4v) is 5.39. The number of benzene rings is 4. The standard InChI is InChI=1S/C36H27N3/c1-2-16-32(17-3-1)39(33-18-8-14-28(20-33)35-22-26-10-4-6-12-30(26)24-37-35)34-19-9-15-29(21-34)36-23-27-11-5-7-13-31(27)25-38-36/h1-26,30H. The quantitative estimate of drug-likeness (QED) is 0.240. The van der Waals surface area contributed by atoms with Crippen LogP contribution >= 0.6 is 0 Å². The van der Waals surface area contributed by atoms with Crippen molar-refractivity contribution in [2.24, 2.45) is 16.8 Å². The van der Waals surface area contributed by atoms with Gasteiger partial charge >= 0.3 is 0 Å². The van der Waals surface area contributed by atoms with Crippen LogP contribution in [-0.2, 0) is 0 Å². The van der Waals surface area contributed by atoms with Crippen molar-refractivity contribution >= 4 is 39.7 Å². The molecule has 2 heterocycles. The molecule has 2 aliphatic rings. The van der Waals surface area contributed by atoms with Gasteiger partial charge in [-0.05, 0) is 47.9 Å². The highest BCUT2D eigenvalue weighted by molar-refractivity contribution is 5.87. The van der Waals surface area contributed by atoms with Gasteiger partial charge in [-0.3, -0.25) is 9.98 Å². The van der Waals surface area contributed by atoms with Gasteiger partial charge in [-0.1, -0.05) is 97.1 Å². The van der Waals surface area contributed by atoms with E-state index in [1.165, 1.54) is 5.39 Å². The van der Waals surface area contributed by atoms with Gasteiger partial charge in [0, 0.05) is 57.8 Å². The van der Waals surface area contributed by atoms with Gasteiger partial charge in [0.05, 0.1) is 11.4 Å². The summed E-state index contributed by atoms with van der Waals surface area (Å²) in [5.41, 5.74) is 7.42. The second-order valence-corrected chi connectivity index (χ2v) is 9.94. The van der Waals surface area contributed by atoms with Gasteiger partial charge in [0.2, 0.25) is 0 Å². The highest BCUT2D eigenvalue weighted by Gasteiger charge is 2.21. The molecule has 0 bridgehead atoms. The molecule has 0 N–H and O–H groups in total. The van der Waals surface area contributed by atoms with Crippen LogP contribution in [0.15, 0.2) is 151 Å². The number of hydrogen-bond donors (Lipinski definition) is 0. The summed E-state index contributed by atoms with van der Waals surface area (Å²) in [6.45, 7) is 0. The maximum Gasteiger partial charge on any atom is 0.0709 e. The molecule has 0 fully saturated rings.